The van der Waals surface area contributed by atoms with Gasteiger partial charge < -0.3 is 15.2 Å². The molecule has 0 aliphatic carbocycles. The van der Waals surface area contributed by atoms with Gasteiger partial charge in [0, 0.05) is 33.4 Å². The number of hydrogen-bond acceptors (Lipinski definition) is 4. The number of ether oxygens (including phenoxy) is 2. The standard InChI is InChI=1S/C8H17NO.C4H11NO/c1-8(2)7-9-3-5-10-6-4-9;1-6-4-2-3-5/h8H,3-7H2,1-2H3;2-5H2,1H3. The first kappa shape index (κ1) is 15.8. The van der Waals surface area contributed by atoms with Gasteiger partial charge in [0.15, 0.2) is 0 Å². The van der Waals surface area contributed by atoms with Gasteiger partial charge in [0.1, 0.15) is 0 Å². The first-order valence-electron chi connectivity index (χ1n) is 6.19. The largest absolute Gasteiger partial charge is 0.385 e. The van der Waals surface area contributed by atoms with Crippen molar-refractivity contribution in [2.24, 2.45) is 11.7 Å². The summed E-state index contributed by atoms with van der Waals surface area (Å²) in [5.41, 5.74) is 5.13. The minimum Gasteiger partial charge on any atom is -0.385 e. The van der Waals surface area contributed by atoms with Gasteiger partial charge in [-0.2, -0.15) is 0 Å². The molecule has 0 aromatic heterocycles. The summed E-state index contributed by atoms with van der Waals surface area (Å²) in [5, 5.41) is 0. The summed E-state index contributed by atoms with van der Waals surface area (Å²) in [6.07, 6.45) is 0.969. The maximum atomic E-state index is 5.24. The molecule has 0 unspecified atom stereocenters. The Hall–Kier alpha value is -0.160. The van der Waals surface area contributed by atoms with Crippen molar-refractivity contribution in [3.63, 3.8) is 0 Å². The van der Waals surface area contributed by atoms with Crippen molar-refractivity contribution in [1.82, 2.24) is 4.90 Å². The molecule has 16 heavy (non-hydrogen) atoms. The van der Waals surface area contributed by atoms with Gasteiger partial charge in [-0.05, 0) is 18.9 Å². The number of methoxy groups -OCH3 is 1. The molecule has 0 aromatic rings. The predicted molar refractivity (Wildman–Crippen MR) is 67.6 cm³/mol. The quantitative estimate of drug-likeness (QED) is 0.717. The summed E-state index contributed by atoms with van der Waals surface area (Å²) in [7, 11) is 1.68. The molecule has 1 saturated heterocycles. The van der Waals surface area contributed by atoms with Crippen molar-refractivity contribution in [2.45, 2.75) is 20.3 Å². The lowest BCUT2D eigenvalue weighted by atomic mass is 10.2. The zero-order valence-corrected chi connectivity index (χ0v) is 11.1. The van der Waals surface area contributed by atoms with E-state index in [0.717, 1.165) is 51.8 Å². The van der Waals surface area contributed by atoms with Crippen molar-refractivity contribution in [2.75, 3.05) is 53.1 Å². The van der Waals surface area contributed by atoms with Gasteiger partial charge in [-0.25, -0.2) is 0 Å². The van der Waals surface area contributed by atoms with Crippen LogP contribution in [0.15, 0.2) is 0 Å². The highest BCUT2D eigenvalue weighted by Crippen LogP contribution is 2.01. The van der Waals surface area contributed by atoms with Crippen LogP contribution < -0.4 is 5.73 Å². The Morgan fingerprint density at radius 1 is 1.31 bits per heavy atom. The highest BCUT2D eigenvalue weighted by molar-refractivity contribution is 4.62. The first-order chi connectivity index (χ1) is 7.70. The van der Waals surface area contributed by atoms with E-state index in [1.807, 2.05) is 0 Å². The summed E-state index contributed by atoms with van der Waals surface area (Å²) in [5.74, 6) is 0.790. The molecule has 0 amide bonds. The van der Waals surface area contributed by atoms with Crippen LogP contribution in [0.5, 0.6) is 0 Å². The lowest BCUT2D eigenvalue weighted by Gasteiger charge is -2.27. The molecule has 1 rings (SSSR count). The Morgan fingerprint density at radius 3 is 2.31 bits per heavy atom. The molecule has 1 heterocycles. The normalized spacial score (nSPS) is 17.1. The molecule has 2 N–H and O–H groups in total. The van der Waals surface area contributed by atoms with E-state index in [-0.39, 0.29) is 0 Å². The zero-order valence-electron chi connectivity index (χ0n) is 11.1. The van der Waals surface area contributed by atoms with Crippen molar-refractivity contribution >= 4 is 0 Å². The molecule has 98 valence electrons. The molecular formula is C12H28N2O2. The van der Waals surface area contributed by atoms with Gasteiger partial charge in [-0.15, -0.1) is 0 Å². The molecular weight excluding hydrogens is 204 g/mol. The van der Waals surface area contributed by atoms with Crippen LogP contribution in [-0.4, -0.2) is 58.0 Å². The Labute approximate surface area is 100 Å². The van der Waals surface area contributed by atoms with Gasteiger partial charge in [-0.1, -0.05) is 13.8 Å². The van der Waals surface area contributed by atoms with E-state index in [1.54, 1.807) is 7.11 Å². The van der Waals surface area contributed by atoms with Gasteiger partial charge in [0.2, 0.25) is 0 Å². The van der Waals surface area contributed by atoms with Crippen LogP contribution >= 0.6 is 0 Å². The molecule has 0 bridgehead atoms. The second kappa shape index (κ2) is 11.3. The molecule has 4 heteroatoms. The Balaban J connectivity index is 0.000000325. The molecule has 0 atom stereocenters. The molecule has 1 aliphatic rings. The average molecular weight is 232 g/mol. The minimum absolute atomic E-state index is 0.730. The third-order valence-electron chi connectivity index (χ3n) is 2.28. The van der Waals surface area contributed by atoms with Crippen LogP contribution in [0, 0.1) is 5.92 Å². The highest BCUT2D eigenvalue weighted by atomic mass is 16.5. The first-order valence-corrected chi connectivity index (χ1v) is 6.19. The summed E-state index contributed by atoms with van der Waals surface area (Å²) < 4.78 is 9.94. The molecule has 0 radical (unpaired) electrons. The van der Waals surface area contributed by atoms with Gasteiger partial charge in [-0.3, -0.25) is 4.90 Å². The fourth-order valence-corrected chi connectivity index (χ4v) is 1.53. The monoisotopic (exact) mass is 232 g/mol. The van der Waals surface area contributed by atoms with E-state index in [0.29, 0.717) is 0 Å². The Bertz CT molecular complexity index is 133. The van der Waals surface area contributed by atoms with Gasteiger partial charge in [0.25, 0.3) is 0 Å². The maximum Gasteiger partial charge on any atom is 0.0594 e. The van der Waals surface area contributed by atoms with E-state index in [4.69, 9.17) is 15.2 Å². The second-order valence-corrected chi connectivity index (χ2v) is 4.44. The summed E-state index contributed by atoms with van der Waals surface area (Å²) in [6, 6.07) is 0. The molecule has 1 aliphatic heterocycles. The van der Waals surface area contributed by atoms with Crippen LogP contribution in [0.2, 0.25) is 0 Å². The molecule has 4 nitrogen and oxygen atoms in total. The van der Waals surface area contributed by atoms with Crippen molar-refractivity contribution in [3.05, 3.63) is 0 Å². The van der Waals surface area contributed by atoms with Gasteiger partial charge >= 0.3 is 0 Å². The molecule has 0 saturated carbocycles. The van der Waals surface area contributed by atoms with E-state index in [9.17, 15) is 0 Å². The average Bonchev–Trinajstić information content (AvgIpc) is 2.28. The van der Waals surface area contributed by atoms with Crippen LogP contribution in [0.4, 0.5) is 0 Å². The van der Waals surface area contributed by atoms with Crippen LogP contribution in [-0.2, 0) is 9.47 Å². The van der Waals surface area contributed by atoms with Crippen molar-refractivity contribution in [1.29, 1.82) is 0 Å². The van der Waals surface area contributed by atoms with E-state index in [1.165, 1.54) is 6.54 Å². The maximum absolute atomic E-state index is 5.24. The number of rotatable bonds is 5. The van der Waals surface area contributed by atoms with E-state index < -0.39 is 0 Å². The fourth-order valence-electron chi connectivity index (χ4n) is 1.53. The lowest BCUT2D eigenvalue weighted by molar-refractivity contribution is 0.0329. The van der Waals surface area contributed by atoms with Gasteiger partial charge in [0.05, 0.1) is 13.2 Å². The second-order valence-electron chi connectivity index (χ2n) is 4.44. The smallest absolute Gasteiger partial charge is 0.0594 e. The topological polar surface area (TPSA) is 47.7 Å². The zero-order chi connectivity index (χ0) is 12.2. The number of morpholine rings is 1. The number of nitrogens with two attached hydrogens (primary N) is 1. The van der Waals surface area contributed by atoms with E-state index >= 15 is 0 Å². The number of nitrogens with zero attached hydrogens (tertiary/aromatic N) is 1. The van der Waals surface area contributed by atoms with Crippen LogP contribution in [0.1, 0.15) is 20.3 Å². The van der Waals surface area contributed by atoms with Crippen LogP contribution in [0.25, 0.3) is 0 Å². The Kier molecular flexibility index (Phi) is 11.2. The van der Waals surface area contributed by atoms with Crippen molar-refractivity contribution < 1.29 is 9.47 Å². The molecule has 0 spiro atoms. The summed E-state index contributed by atoms with van der Waals surface area (Å²) >= 11 is 0. The van der Waals surface area contributed by atoms with Crippen LogP contribution in [0.3, 0.4) is 0 Å². The molecule has 1 fully saturated rings. The third kappa shape index (κ3) is 10.4. The minimum atomic E-state index is 0.730. The SMILES string of the molecule is CC(C)CN1CCOCC1.COCCCN. The third-order valence-corrected chi connectivity index (χ3v) is 2.28. The fraction of sp³-hybridized carbons (Fsp3) is 1.00. The number of hydrogen-bond donors (Lipinski definition) is 1. The lowest BCUT2D eigenvalue weighted by Crippen LogP contribution is -2.38. The molecule has 0 aromatic carbocycles. The highest BCUT2D eigenvalue weighted by Gasteiger charge is 2.10. The van der Waals surface area contributed by atoms with Crippen molar-refractivity contribution in [3.8, 4) is 0 Å². The summed E-state index contributed by atoms with van der Waals surface area (Å²) in [4.78, 5) is 2.47. The summed E-state index contributed by atoms with van der Waals surface area (Å²) in [6.45, 7) is 11.4. The Morgan fingerprint density at radius 2 is 1.94 bits per heavy atom. The predicted octanol–water partition coefficient (Wildman–Crippen LogP) is 0.956. The van der Waals surface area contributed by atoms with E-state index in [2.05, 4.69) is 18.7 Å².